The van der Waals surface area contributed by atoms with Gasteiger partial charge >= 0.3 is 0 Å². The van der Waals surface area contributed by atoms with Gasteiger partial charge in [-0.2, -0.15) is 0 Å². The molecule has 1 aromatic carbocycles. The summed E-state index contributed by atoms with van der Waals surface area (Å²) in [5.41, 5.74) is 0.604. The SMILES string of the molecule is CCCCOc1cccc(C(O)=C2C(=O)C(=O)N(CCN3CCOCC3)C2c2cccs2)c1. The van der Waals surface area contributed by atoms with Gasteiger partial charge in [-0.1, -0.05) is 31.5 Å². The number of ether oxygens (including phenoxy) is 2. The average Bonchev–Trinajstić information content (AvgIpc) is 3.45. The number of ketones is 1. The molecule has 2 aliphatic rings. The molecule has 0 spiro atoms. The fraction of sp³-hybridized carbons (Fsp3) is 0.440. The van der Waals surface area contributed by atoms with Crippen LogP contribution in [0.1, 0.15) is 36.2 Å². The summed E-state index contributed by atoms with van der Waals surface area (Å²) in [6.45, 7) is 6.68. The van der Waals surface area contributed by atoms with Gasteiger partial charge in [-0.15, -0.1) is 11.3 Å². The molecule has 1 amide bonds. The molecule has 7 nitrogen and oxygen atoms in total. The van der Waals surface area contributed by atoms with Crippen LogP contribution in [0.2, 0.25) is 0 Å². The number of nitrogens with zero attached hydrogens (tertiary/aromatic N) is 2. The van der Waals surface area contributed by atoms with Gasteiger partial charge in [-0.05, 0) is 30.0 Å². The van der Waals surface area contributed by atoms with Crippen LogP contribution in [-0.4, -0.2) is 72.6 Å². The molecule has 3 heterocycles. The summed E-state index contributed by atoms with van der Waals surface area (Å²) in [7, 11) is 0. The van der Waals surface area contributed by atoms with Gasteiger partial charge in [0.1, 0.15) is 11.5 Å². The summed E-state index contributed by atoms with van der Waals surface area (Å²) in [6.07, 6.45) is 1.96. The molecule has 1 atom stereocenters. The van der Waals surface area contributed by atoms with Crippen molar-refractivity contribution in [3.63, 3.8) is 0 Å². The molecule has 8 heteroatoms. The van der Waals surface area contributed by atoms with Crippen LogP contribution in [-0.2, 0) is 14.3 Å². The van der Waals surface area contributed by atoms with E-state index in [1.54, 1.807) is 23.1 Å². The second kappa shape index (κ2) is 11.0. The van der Waals surface area contributed by atoms with Gasteiger partial charge in [0.15, 0.2) is 0 Å². The number of Topliss-reactive ketones (excluding diaryl/α,β-unsaturated/α-hetero) is 1. The highest BCUT2D eigenvalue weighted by Crippen LogP contribution is 2.41. The van der Waals surface area contributed by atoms with Crippen LogP contribution >= 0.6 is 11.3 Å². The van der Waals surface area contributed by atoms with Crippen molar-refractivity contribution in [2.45, 2.75) is 25.8 Å². The first kappa shape index (κ1) is 23.5. The van der Waals surface area contributed by atoms with Crippen molar-refractivity contribution in [2.75, 3.05) is 46.0 Å². The topological polar surface area (TPSA) is 79.3 Å². The van der Waals surface area contributed by atoms with E-state index >= 15 is 0 Å². The summed E-state index contributed by atoms with van der Waals surface area (Å²) in [5, 5.41) is 13.1. The minimum atomic E-state index is -0.648. The summed E-state index contributed by atoms with van der Waals surface area (Å²) < 4.78 is 11.2. The van der Waals surface area contributed by atoms with Gasteiger partial charge in [0.2, 0.25) is 0 Å². The third-order valence-corrected chi connectivity index (χ3v) is 6.91. The molecule has 0 bridgehead atoms. The molecular formula is C25H30N2O5S. The van der Waals surface area contributed by atoms with Crippen molar-refractivity contribution in [1.29, 1.82) is 0 Å². The molecule has 2 aliphatic heterocycles. The molecule has 0 saturated carbocycles. The van der Waals surface area contributed by atoms with Gasteiger partial charge in [-0.25, -0.2) is 0 Å². The highest BCUT2D eigenvalue weighted by molar-refractivity contribution is 7.10. The number of carbonyl (C=O) groups is 2. The molecule has 1 N–H and O–H groups in total. The van der Waals surface area contributed by atoms with Crippen molar-refractivity contribution in [3.8, 4) is 5.75 Å². The lowest BCUT2D eigenvalue weighted by Gasteiger charge is -2.30. The molecular weight excluding hydrogens is 440 g/mol. The van der Waals surface area contributed by atoms with Crippen LogP contribution < -0.4 is 4.74 Å². The molecule has 1 aromatic heterocycles. The van der Waals surface area contributed by atoms with Gasteiger partial charge in [0, 0.05) is 36.6 Å². The molecule has 33 heavy (non-hydrogen) atoms. The van der Waals surface area contributed by atoms with Crippen LogP contribution in [0.15, 0.2) is 47.4 Å². The Morgan fingerprint density at radius 3 is 2.73 bits per heavy atom. The number of amides is 1. The van der Waals surface area contributed by atoms with Crippen LogP contribution in [0, 0.1) is 0 Å². The molecule has 2 saturated heterocycles. The minimum absolute atomic E-state index is 0.134. The van der Waals surface area contributed by atoms with Crippen LogP contribution in [0.25, 0.3) is 5.76 Å². The maximum Gasteiger partial charge on any atom is 0.295 e. The maximum atomic E-state index is 13.1. The van der Waals surface area contributed by atoms with Crippen molar-refractivity contribution < 1.29 is 24.2 Å². The predicted molar refractivity (Wildman–Crippen MR) is 127 cm³/mol. The number of unbranched alkanes of at least 4 members (excludes halogenated alkanes) is 1. The van der Waals surface area contributed by atoms with Gasteiger partial charge in [0.25, 0.3) is 11.7 Å². The van der Waals surface area contributed by atoms with E-state index in [1.165, 1.54) is 11.3 Å². The van der Waals surface area contributed by atoms with Crippen molar-refractivity contribution in [3.05, 3.63) is 57.8 Å². The smallest absolute Gasteiger partial charge is 0.295 e. The standard InChI is InChI=1S/C25H30N2O5S/c1-2-3-13-32-19-7-4-6-18(17-19)23(28)21-22(20-8-5-16-33-20)27(25(30)24(21)29)10-9-26-11-14-31-15-12-26/h4-8,16-17,22,28H,2-3,9-15H2,1H3. The lowest BCUT2D eigenvalue weighted by Crippen LogP contribution is -2.42. The number of thiophene rings is 1. The number of hydrogen-bond donors (Lipinski definition) is 1. The van der Waals surface area contributed by atoms with E-state index in [0.29, 0.717) is 44.2 Å². The minimum Gasteiger partial charge on any atom is -0.507 e. The van der Waals surface area contributed by atoms with E-state index in [2.05, 4.69) is 11.8 Å². The Bertz CT molecular complexity index is 998. The monoisotopic (exact) mass is 470 g/mol. The quantitative estimate of drug-likeness (QED) is 0.261. The number of carbonyl (C=O) groups excluding carboxylic acids is 2. The number of hydrogen-bond acceptors (Lipinski definition) is 7. The number of aliphatic hydroxyl groups is 1. The summed E-state index contributed by atoms with van der Waals surface area (Å²) >= 11 is 1.47. The Morgan fingerprint density at radius 2 is 2.00 bits per heavy atom. The zero-order chi connectivity index (χ0) is 23.2. The zero-order valence-electron chi connectivity index (χ0n) is 18.9. The molecule has 4 rings (SSSR count). The highest BCUT2D eigenvalue weighted by atomic mass is 32.1. The highest BCUT2D eigenvalue weighted by Gasteiger charge is 2.46. The fourth-order valence-electron chi connectivity index (χ4n) is 4.15. The van der Waals surface area contributed by atoms with Gasteiger partial charge in [0.05, 0.1) is 31.4 Å². The summed E-state index contributed by atoms with van der Waals surface area (Å²) in [5.74, 6) is -0.757. The van der Waals surface area contributed by atoms with Crippen LogP contribution in [0.4, 0.5) is 0 Å². The normalized spacial score (nSPS) is 21.0. The number of likely N-dealkylation sites (tertiary alicyclic amines) is 1. The molecule has 0 radical (unpaired) electrons. The number of benzene rings is 1. The predicted octanol–water partition coefficient (Wildman–Crippen LogP) is 3.68. The molecule has 1 unspecified atom stereocenters. The Morgan fingerprint density at radius 1 is 1.18 bits per heavy atom. The third-order valence-electron chi connectivity index (χ3n) is 5.99. The Kier molecular flexibility index (Phi) is 7.80. The van der Waals surface area contributed by atoms with Crippen LogP contribution in [0.3, 0.4) is 0 Å². The largest absolute Gasteiger partial charge is 0.507 e. The van der Waals surface area contributed by atoms with Gasteiger partial charge < -0.3 is 19.5 Å². The van der Waals surface area contributed by atoms with E-state index < -0.39 is 17.7 Å². The molecule has 176 valence electrons. The van der Waals surface area contributed by atoms with E-state index in [-0.39, 0.29) is 11.3 Å². The summed E-state index contributed by atoms with van der Waals surface area (Å²) in [4.78, 5) is 30.8. The molecule has 2 aromatic rings. The molecule has 2 fully saturated rings. The molecule has 0 aliphatic carbocycles. The van der Waals surface area contributed by atoms with E-state index in [4.69, 9.17) is 9.47 Å². The maximum absolute atomic E-state index is 13.1. The first-order valence-electron chi connectivity index (χ1n) is 11.4. The van der Waals surface area contributed by atoms with E-state index in [9.17, 15) is 14.7 Å². The first-order valence-corrected chi connectivity index (χ1v) is 12.3. The van der Waals surface area contributed by atoms with E-state index in [0.717, 1.165) is 30.8 Å². The number of rotatable bonds is 9. The first-order chi connectivity index (χ1) is 16.1. The van der Waals surface area contributed by atoms with Crippen LogP contribution in [0.5, 0.6) is 5.75 Å². The lowest BCUT2D eigenvalue weighted by atomic mass is 9.99. The van der Waals surface area contributed by atoms with Gasteiger partial charge in [-0.3, -0.25) is 14.5 Å². The second-order valence-electron chi connectivity index (χ2n) is 8.19. The van der Waals surface area contributed by atoms with E-state index in [1.807, 2.05) is 23.6 Å². The average molecular weight is 471 g/mol. The number of aliphatic hydroxyl groups excluding tert-OH is 1. The second-order valence-corrected chi connectivity index (χ2v) is 9.17. The Labute approximate surface area is 198 Å². The fourth-order valence-corrected chi connectivity index (χ4v) is 5.00. The van der Waals surface area contributed by atoms with Crippen molar-refractivity contribution in [2.24, 2.45) is 0 Å². The van der Waals surface area contributed by atoms with Crippen molar-refractivity contribution in [1.82, 2.24) is 9.80 Å². The zero-order valence-corrected chi connectivity index (χ0v) is 19.7. The lowest BCUT2D eigenvalue weighted by molar-refractivity contribution is -0.140. The summed E-state index contributed by atoms with van der Waals surface area (Å²) in [6, 6.07) is 10.3. The van der Waals surface area contributed by atoms with Crippen molar-refractivity contribution >= 4 is 28.8 Å². The Hall–Kier alpha value is -2.68. The Balaban J connectivity index is 1.64. The number of morpholine rings is 1. The third kappa shape index (κ3) is 5.29.